The first-order chi connectivity index (χ1) is 7.04. The number of benzene rings is 1. The van der Waals surface area contributed by atoms with Gasteiger partial charge in [-0.2, -0.15) is 0 Å². The zero-order valence-electron chi connectivity index (χ0n) is 9.87. The summed E-state index contributed by atoms with van der Waals surface area (Å²) in [5.74, 6) is 1.27. The Morgan fingerprint density at radius 3 is 2.50 bits per heavy atom. The van der Waals surface area contributed by atoms with Gasteiger partial charge < -0.3 is 10.5 Å². The van der Waals surface area contributed by atoms with E-state index in [1.54, 1.807) is 7.11 Å². The van der Waals surface area contributed by atoms with Crippen LogP contribution in [0.25, 0.3) is 0 Å². The van der Waals surface area contributed by atoms with Crippen LogP contribution >= 0.6 is 24.0 Å². The summed E-state index contributed by atoms with van der Waals surface area (Å²) in [6.45, 7) is 4.32. The van der Waals surface area contributed by atoms with Crippen molar-refractivity contribution in [1.29, 1.82) is 0 Å². The van der Waals surface area contributed by atoms with Gasteiger partial charge in [0.15, 0.2) is 0 Å². The lowest BCUT2D eigenvalue weighted by Gasteiger charge is -2.15. The van der Waals surface area contributed by atoms with Gasteiger partial charge in [-0.3, -0.25) is 0 Å². The van der Waals surface area contributed by atoms with Crippen molar-refractivity contribution in [2.75, 3.05) is 7.11 Å². The van der Waals surface area contributed by atoms with Crippen LogP contribution in [0, 0.1) is 5.92 Å². The van der Waals surface area contributed by atoms with Crippen LogP contribution in [0.1, 0.15) is 31.9 Å². The SMILES string of the molecule is COc1cc([C@@H](N)CC(C)C)ccc1Cl.Cl. The molecule has 0 radical (unpaired) electrons. The molecule has 0 fully saturated rings. The molecule has 0 heterocycles. The van der Waals surface area contributed by atoms with Gasteiger partial charge in [-0.15, -0.1) is 12.4 Å². The first-order valence-corrected chi connectivity index (χ1v) is 5.51. The molecule has 1 aromatic rings. The Hall–Kier alpha value is -0.440. The van der Waals surface area contributed by atoms with Crippen molar-refractivity contribution in [3.05, 3.63) is 28.8 Å². The van der Waals surface area contributed by atoms with Crippen LogP contribution in [0.4, 0.5) is 0 Å². The number of nitrogens with two attached hydrogens (primary N) is 1. The molecule has 0 aliphatic carbocycles. The third-order valence-electron chi connectivity index (χ3n) is 2.33. The van der Waals surface area contributed by atoms with Crippen molar-refractivity contribution < 1.29 is 4.74 Å². The molecule has 1 atom stereocenters. The predicted octanol–water partition coefficient (Wildman–Crippen LogP) is 3.82. The third kappa shape index (κ3) is 4.20. The topological polar surface area (TPSA) is 35.2 Å². The fourth-order valence-electron chi connectivity index (χ4n) is 1.55. The smallest absolute Gasteiger partial charge is 0.137 e. The molecule has 0 amide bonds. The van der Waals surface area contributed by atoms with Crippen LogP contribution in [0.5, 0.6) is 5.75 Å². The van der Waals surface area contributed by atoms with Crippen LogP contribution in [0.15, 0.2) is 18.2 Å². The molecule has 16 heavy (non-hydrogen) atoms. The monoisotopic (exact) mass is 263 g/mol. The maximum absolute atomic E-state index is 6.07. The van der Waals surface area contributed by atoms with E-state index in [0.717, 1.165) is 12.0 Å². The van der Waals surface area contributed by atoms with Crippen LogP contribution in [0.2, 0.25) is 5.02 Å². The summed E-state index contributed by atoms with van der Waals surface area (Å²) in [4.78, 5) is 0. The Morgan fingerprint density at radius 2 is 2.00 bits per heavy atom. The molecular formula is C12H19Cl2NO. The minimum Gasteiger partial charge on any atom is -0.495 e. The molecule has 92 valence electrons. The zero-order chi connectivity index (χ0) is 11.4. The molecule has 0 spiro atoms. The fraction of sp³-hybridized carbons (Fsp3) is 0.500. The van der Waals surface area contributed by atoms with Crippen LogP contribution in [0.3, 0.4) is 0 Å². The molecule has 1 aromatic carbocycles. The van der Waals surface area contributed by atoms with E-state index in [2.05, 4.69) is 13.8 Å². The molecule has 0 saturated carbocycles. The standard InChI is InChI=1S/C12H18ClNO.ClH/c1-8(2)6-11(14)9-4-5-10(13)12(7-9)15-3;/h4-5,7-8,11H,6,14H2,1-3H3;1H/t11-;/m0./s1. The fourth-order valence-corrected chi connectivity index (χ4v) is 1.75. The second kappa shape index (κ2) is 7.00. The summed E-state index contributed by atoms with van der Waals surface area (Å²) >= 11 is 5.94. The number of ether oxygens (including phenoxy) is 1. The van der Waals surface area contributed by atoms with Gasteiger partial charge in [0, 0.05) is 6.04 Å². The highest BCUT2D eigenvalue weighted by Crippen LogP contribution is 2.28. The average molecular weight is 264 g/mol. The second-order valence-corrected chi connectivity index (χ2v) is 4.54. The van der Waals surface area contributed by atoms with Crippen LogP contribution in [-0.2, 0) is 0 Å². The lowest BCUT2D eigenvalue weighted by atomic mass is 9.98. The Balaban J connectivity index is 0.00000225. The van der Waals surface area contributed by atoms with E-state index >= 15 is 0 Å². The molecule has 2 N–H and O–H groups in total. The van der Waals surface area contributed by atoms with Gasteiger partial charge in [0.2, 0.25) is 0 Å². The largest absolute Gasteiger partial charge is 0.495 e. The molecule has 2 nitrogen and oxygen atoms in total. The van der Waals surface area contributed by atoms with Crippen molar-refractivity contribution in [2.24, 2.45) is 11.7 Å². The number of hydrogen-bond donors (Lipinski definition) is 1. The van der Waals surface area contributed by atoms with Crippen LogP contribution in [-0.4, -0.2) is 7.11 Å². The lowest BCUT2D eigenvalue weighted by molar-refractivity contribution is 0.413. The number of rotatable bonds is 4. The van der Waals surface area contributed by atoms with Gasteiger partial charge in [0.25, 0.3) is 0 Å². The number of methoxy groups -OCH3 is 1. The second-order valence-electron chi connectivity index (χ2n) is 4.13. The maximum Gasteiger partial charge on any atom is 0.137 e. The summed E-state index contributed by atoms with van der Waals surface area (Å²) in [6.07, 6.45) is 0.963. The molecule has 0 saturated heterocycles. The Bertz CT molecular complexity index is 329. The predicted molar refractivity (Wildman–Crippen MR) is 71.6 cm³/mol. The highest BCUT2D eigenvalue weighted by atomic mass is 35.5. The molecule has 4 heteroatoms. The minimum absolute atomic E-state index is 0. The van der Waals surface area contributed by atoms with E-state index in [0.29, 0.717) is 16.7 Å². The Labute approximate surface area is 109 Å². The number of hydrogen-bond acceptors (Lipinski definition) is 2. The summed E-state index contributed by atoms with van der Waals surface area (Å²) < 4.78 is 5.15. The average Bonchev–Trinajstić information content (AvgIpc) is 2.17. The molecule has 0 bridgehead atoms. The molecule has 0 aliphatic rings. The molecule has 0 aliphatic heterocycles. The third-order valence-corrected chi connectivity index (χ3v) is 2.64. The Morgan fingerprint density at radius 1 is 1.38 bits per heavy atom. The first-order valence-electron chi connectivity index (χ1n) is 5.13. The normalized spacial score (nSPS) is 12.1. The van der Waals surface area contributed by atoms with Crippen molar-refractivity contribution in [3.8, 4) is 5.75 Å². The van der Waals surface area contributed by atoms with Gasteiger partial charge >= 0.3 is 0 Å². The molecule has 1 rings (SSSR count). The van der Waals surface area contributed by atoms with E-state index in [4.69, 9.17) is 22.1 Å². The van der Waals surface area contributed by atoms with Gasteiger partial charge in [0.05, 0.1) is 12.1 Å². The Kier molecular flexibility index (Phi) is 6.81. The van der Waals surface area contributed by atoms with Gasteiger partial charge in [-0.25, -0.2) is 0 Å². The molecular weight excluding hydrogens is 245 g/mol. The van der Waals surface area contributed by atoms with E-state index in [1.165, 1.54) is 0 Å². The molecule has 0 aromatic heterocycles. The highest BCUT2D eigenvalue weighted by molar-refractivity contribution is 6.32. The van der Waals surface area contributed by atoms with Gasteiger partial charge in [-0.1, -0.05) is 31.5 Å². The quantitative estimate of drug-likeness (QED) is 0.897. The number of halogens is 2. The van der Waals surface area contributed by atoms with Gasteiger partial charge in [-0.05, 0) is 30.0 Å². The summed E-state index contributed by atoms with van der Waals surface area (Å²) in [7, 11) is 1.61. The zero-order valence-corrected chi connectivity index (χ0v) is 11.4. The minimum atomic E-state index is 0. The summed E-state index contributed by atoms with van der Waals surface area (Å²) in [5, 5.41) is 0.623. The van der Waals surface area contributed by atoms with E-state index in [1.807, 2.05) is 18.2 Å². The lowest BCUT2D eigenvalue weighted by Crippen LogP contribution is -2.12. The van der Waals surface area contributed by atoms with E-state index < -0.39 is 0 Å². The van der Waals surface area contributed by atoms with Crippen molar-refractivity contribution in [2.45, 2.75) is 26.3 Å². The molecule has 0 unspecified atom stereocenters. The summed E-state index contributed by atoms with van der Waals surface area (Å²) in [6, 6.07) is 5.75. The summed E-state index contributed by atoms with van der Waals surface area (Å²) in [5.41, 5.74) is 7.14. The van der Waals surface area contributed by atoms with Crippen molar-refractivity contribution in [3.63, 3.8) is 0 Å². The van der Waals surface area contributed by atoms with E-state index in [9.17, 15) is 0 Å². The maximum atomic E-state index is 6.07. The van der Waals surface area contributed by atoms with E-state index in [-0.39, 0.29) is 18.4 Å². The van der Waals surface area contributed by atoms with Crippen molar-refractivity contribution in [1.82, 2.24) is 0 Å². The van der Waals surface area contributed by atoms with Crippen LogP contribution < -0.4 is 10.5 Å². The first kappa shape index (κ1) is 15.6. The highest BCUT2D eigenvalue weighted by Gasteiger charge is 2.10. The van der Waals surface area contributed by atoms with Gasteiger partial charge in [0.1, 0.15) is 5.75 Å². The van der Waals surface area contributed by atoms with Crippen molar-refractivity contribution >= 4 is 24.0 Å².